The Kier molecular flexibility index (Phi) is 8.31. The van der Waals surface area contributed by atoms with Gasteiger partial charge in [-0.25, -0.2) is 8.42 Å². The number of nitrogens with zero attached hydrogens (tertiary/aromatic N) is 1. The van der Waals surface area contributed by atoms with Gasteiger partial charge in [-0.3, -0.25) is 4.79 Å². The molecule has 0 aliphatic heterocycles. The van der Waals surface area contributed by atoms with Crippen molar-refractivity contribution in [2.45, 2.75) is 44.7 Å². The summed E-state index contributed by atoms with van der Waals surface area (Å²) in [4.78, 5) is 12.5. The molecular weight excluding hydrogens is 414 g/mol. The topological polar surface area (TPSA) is 75.7 Å². The van der Waals surface area contributed by atoms with Crippen LogP contribution in [-0.2, 0) is 21.2 Å². The number of hydrogen-bond donors (Lipinski definition) is 1. The monoisotopic (exact) mass is 440 g/mol. The summed E-state index contributed by atoms with van der Waals surface area (Å²) in [6.45, 7) is 3.25. The standard InChI is InChI=1S/C21H26F2N2O4S/c1-4-25(5-2)30(27,28)19-12-8-17(9-13-19)15(3)24-20(26)14-16-6-10-18(11-7-16)29-21(22)23/h6-13,15,21H,4-5,14H2,1-3H3,(H,24,26). The first-order chi connectivity index (χ1) is 14.2. The lowest BCUT2D eigenvalue weighted by atomic mass is 10.1. The van der Waals surface area contributed by atoms with Gasteiger partial charge in [-0.1, -0.05) is 38.1 Å². The van der Waals surface area contributed by atoms with Crippen molar-refractivity contribution in [3.05, 3.63) is 59.7 Å². The van der Waals surface area contributed by atoms with Crippen LogP contribution in [0.2, 0.25) is 0 Å². The quantitative estimate of drug-likeness (QED) is 0.611. The maximum absolute atomic E-state index is 12.5. The number of ether oxygens (including phenoxy) is 1. The Hall–Kier alpha value is -2.52. The molecule has 0 aliphatic carbocycles. The van der Waals surface area contributed by atoms with Crippen molar-refractivity contribution in [2.75, 3.05) is 13.1 Å². The number of halogens is 2. The molecule has 0 heterocycles. The molecule has 2 rings (SSSR count). The molecule has 0 bridgehead atoms. The highest BCUT2D eigenvalue weighted by Crippen LogP contribution is 2.20. The fraction of sp³-hybridized carbons (Fsp3) is 0.381. The third-order valence-electron chi connectivity index (χ3n) is 4.61. The summed E-state index contributed by atoms with van der Waals surface area (Å²) in [5.74, 6) is -0.216. The van der Waals surface area contributed by atoms with Crippen LogP contribution in [0.25, 0.3) is 0 Å². The number of sulfonamides is 1. The van der Waals surface area contributed by atoms with Crippen LogP contribution >= 0.6 is 0 Å². The van der Waals surface area contributed by atoms with Crippen LogP contribution in [0.5, 0.6) is 5.75 Å². The highest BCUT2D eigenvalue weighted by Gasteiger charge is 2.21. The number of carbonyl (C=O) groups is 1. The molecule has 2 aromatic rings. The van der Waals surface area contributed by atoms with E-state index in [0.29, 0.717) is 18.7 Å². The van der Waals surface area contributed by atoms with Gasteiger partial charge in [0.1, 0.15) is 5.75 Å². The van der Waals surface area contributed by atoms with E-state index >= 15 is 0 Å². The molecule has 0 fully saturated rings. The largest absolute Gasteiger partial charge is 0.435 e. The van der Waals surface area contributed by atoms with Crippen molar-refractivity contribution in [1.29, 1.82) is 0 Å². The van der Waals surface area contributed by atoms with E-state index in [2.05, 4.69) is 10.1 Å². The molecule has 0 saturated heterocycles. The van der Waals surface area contributed by atoms with Crippen molar-refractivity contribution in [2.24, 2.45) is 0 Å². The first-order valence-corrected chi connectivity index (χ1v) is 11.0. The van der Waals surface area contributed by atoms with Crippen LogP contribution < -0.4 is 10.1 Å². The van der Waals surface area contributed by atoms with Gasteiger partial charge >= 0.3 is 6.61 Å². The van der Waals surface area contributed by atoms with Crippen LogP contribution in [0.1, 0.15) is 37.9 Å². The Morgan fingerprint density at radius 2 is 1.60 bits per heavy atom. The summed E-state index contributed by atoms with van der Waals surface area (Å²) < 4.78 is 55.1. The lowest BCUT2D eigenvalue weighted by Gasteiger charge is -2.19. The predicted molar refractivity (Wildman–Crippen MR) is 110 cm³/mol. The van der Waals surface area contributed by atoms with E-state index in [1.54, 1.807) is 45.0 Å². The minimum Gasteiger partial charge on any atom is -0.435 e. The normalized spacial score (nSPS) is 12.8. The molecule has 6 nitrogen and oxygen atoms in total. The molecule has 1 amide bonds. The van der Waals surface area contributed by atoms with Crippen molar-refractivity contribution < 1.29 is 26.7 Å². The van der Waals surface area contributed by atoms with Gasteiger partial charge < -0.3 is 10.1 Å². The molecule has 9 heteroatoms. The molecule has 30 heavy (non-hydrogen) atoms. The minimum atomic E-state index is -3.53. The smallest absolute Gasteiger partial charge is 0.387 e. The molecule has 164 valence electrons. The first kappa shape index (κ1) is 23.8. The van der Waals surface area contributed by atoms with E-state index in [1.165, 1.54) is 28.6 Å². The number of rotatable bonds is 10. The van der Waals surface area contributed by atoms with Gasteiger partial charge in [0.25, 0.3) is 0 Å². The van der Waals surface area contributed by atoms with Crippen LogP contribution in [0.4, 0.5) is 8.78 Å². The number of nitrogens with one attached hydrogen (secondary N) is 1. The zero-order valence-electron chi connectivity index (χ0n) is 17.1. The molecule has 0 aliphatic rings. The van der Waals surface area contributed by atoms with Crippen molar-refractivity contribution in [3.63, 3.8) is 0 Å². The second kappa shape index (κ2) is 10.5. The van der Waals surface area contributed by atoms with E-state index in [4.69, 9.17) is 0 Å². The third-order valence-corrected chi connectivity index (χ3v) is 6.68. The number of amides is 1. The summed E-state index contributed by atoms with van der Waals surface area (Å²) in [6, 6.07) is 12.0. The molecule has 1 unspecified atom stereocenters. The molecule has 0 spiro atoms. The summed E-state index contributed by atoms with van der Waals surface area (Å²) in [6.07, 6.45) is 0.0771. The fourth-order valence-electron chi connectivity index (χ4n) is 2.99. The molecule has 0 saturated carbocycles. The Balaban J connectivity index is 1.98. The number of alkyl halides is 2. The van der Waals surface area contributed by atoms with Crippen LogP contribution in [0.3, 0.4) is 0 Å². The molecule has 0 radical (unpaired) electrons. The fourth-order valence-corrected chi connectivity index (χ4v) is 4.45. The van der Waals surface area contributed by atoms with Crippen LogP contribution in [0.15, 0.2) is 53.4 Å². The zero-order valence-corrected chi connectivity index (χ0v) is 18.0. The van der Waals surface area contributed by atoms with Gasteiger partial charge in [-0.15, -0.1) is 0 Å². The highest BCUT2D eigenvalue weighted by atomic mass is 32.2. The Morgan fingerprint density at radius 3 is 2.10 bits per heavy atom. The maximum Gasteiger partial charge on any atom is 0.387 e. The predicted octanol–water partition coefficient (Wildman–Crippen LogP) is 3.74. The van der Waals surface area contributed by atoms with E-state index in [1.807, 2.05) is 0 Å². The van der Waals surface area contributed by atoms with Crippen LogP contribution in [-0.4, -0.2) is 38.3 Å². The second-order valence-electron chi connectivity index (χ2n) is 6.65. The lowest BCUT2D eigenvalue weighted by molar-refractivity contribution is -0.121. The van der Waals surface area contributed by atoms with E-state index in [-0.39, 0.29) is 29.0 Å². The van der Waals surface area contributed by atoms with Crippen molar-refractivity contribution in [1.82, 2.24) is 9.62 Å². The van der Waals surface area contributed by atoms with Gasteiger partial charge in [0.05, 0.1) is 17.4 Å². The molecule has 2 aromatic carbocycles. The van der Waals surface area contributed by atoms with Gasteiger partial charge in [0, 0.05) is 13.1 Å². The third kappa shape index (κ3) is 6.24. The lowest BCUT2D eigenvalue weighted by Crippen LogP contribution is -2.30. The highest BCUT2D eigenvalue weighted by molar-refractivity contribution is 7.89. The summed E-state index contributed by atoms with van der Waals surface area (Å²) in [5, 5.41) is 2.84. The number of benzene rings is 2. The maximum atomic E-state index is 12.5. The van der Waals surface area contributed by atoms with Gasteiger partial charge in [0.2, 0.25) is 15.9 Å². The SMILES string of the molecule is CCN(CC)S(=O)(=O)c1ccc(C(C)NC(=O)Cc2ccc(OC(F)F)cc2)cc1. The average Bonchev–Trinajstić information content (AvgIpc) is 2.70. The van der Waals surface area contributed by atoms with Crippen molar-refractivity contribution in [3.8, 4) is 5.75 Å². The van der Waals surface area contributed by atoms with E-state index in [0.717, 1.165) is 5.56 Å². The first-order valence-electron chi connectivity index (χ1n) is 9.60. The molecule has 1 atom stereocenters. The summed E-state index contributed by atoms with van der Waals surface area (Å²) in [7, 11) is -3.53. The molecule has 1 N–H and O–H groups in total. The summed E-state index contributed by atoms with van der Waals surface area (Å²) in [5.41, 5.74) is 1.42. The van der Waals surface area contributed by atoms with Crippen molar-refractivity contribution >= 4 is 15.9 Å². The molecular formula is C21H26F2N2O4S. The molecule has 0 aromatic heterocycles. The van der Waals surface area contributed by atoms with Gasteiger partial charge in [0.15, 0.2) is 0 Å². The minimum absolute atomic E-state index is 0.0299. The number of carbonyl (C=O) groups excluding carboxylic acids is 1. The van der Waals surface area contributed by atoms with E-state index in [9.17, 15) is 22.0 Å². The summed E-state index contributed by atoms with van der Waals surface area (Å²) >= 11 is 0. The Labute approximate surface area is 175 Å². The zero-order chi connectivity index (χ0) is 22.3. The Morgan fingerprint density at radius 1 is 1.03 bits per heavy atom. The van der Waals surface area contributed by atoms with Gasteiger partial charge in [-0.2, -0.15) is 13.1 Å². The Bertz CT molecular complexity index is 928. The van der Waals surface area contributed by atoms with E-state index < -0.39 is 16.6 Å². The average molecular weight is 441 g/mol. The number of hydrogen-bond acceptors (Lipinski definition) is 4. The second-order valence-corrected chi connectivity index (χ2v) is 8.58. The van der Waals surface area contributed by atoms with Gasteiger partial charge in [-0.05, 0) is 42.3 Å². The van der Waals surface area contributed by atoms with Crippen LogP contribution in [0, 0.1) is 0 Å².